The molecule has 15 heavy (non-hydrogen) atoms. The summed E-state index contributed by atoms with van der Waals surface area (Å²) in [5, 5.41) is 4.71. The molecule has 0 bridgehead atoms. The Morgan fingerprint density at radius 1 is 1.40 bits per heavy atom. The Morgan fingerprint density at radius 2 is 2.00 bits per heavy atom. The molecule has 0 aliphatic rings. The monoisotopic (exact) mass is 243 g/mol. The van der Waals surface area contributed by atoms with Crippen LogP contribution >= 0.6 is 0 Å². The Morgan fingerprint density at radius 3 is 2.47 bits per heavy atom. The van der Waals surface area contributed by atoms with Gasteiger partial charge in [-0.25, -0.2) is 13.6 Å². The van der Waals surface area contributed by atoms with Crippen molar-refractivity contribution in [2.75, 3.05) is 0 Å². The Hall–Kier alpha value is -1.03. The van der Waals surface area contributed by atoms with Crippen LogP contribution in [0, 0.1) is 11.5 Å². The van der Waals surface area contributed by atoms with Crippen LogP contribution < -0.4 is 5.14 Å². The van der Waals surface area contributed by atoms with Crippen LogP contribution in [-0.4, -0.2) is 16.5 Å². The second kappa shape index (κ2) is 3.85. The maximum Gasteiger partial charge on any atom is 0.272 e. The first-order valence-electron chi connectivity index (χ1n) is 4.33. The van der Waals surface area contributed by atoms with Crippen molar-refractivity contribution in [2.24, 2.45) is 5.14 Å². The van der Waals surface area contributed by atoms with Crippen molar-refractivity contribution >= 4 is 18.1 Å². The summed E-state index contributed by atoms with van der Waals surface area (Å²) in [6.45, 7) is 6.20. The zero-order valence-corrected chi connectivity index (χ0v) is 10.7. The second-order valence-corrected chi connectivity index (χ2v) is 10.4. The van der Waals surface area contributed by atoms with Crippen LogP contribution in [0.4, 0.5) is 0 Å². The van der Waals surface area contributed by atoms with Crippen molar-refractivity contribution in [3.63, 3.8) is 0 Å². The first kappa shape index (κ1) is 12.0. The Kier molecular flexibility index (Phi) is 3.09. The lowest BCUT2D eigenvalue weighted by Gasteiger charge is -2.02. The van der Waals surface area contributed by atoms with Gasteiger partial charge in [0.1, 0.15) is 8.07 Å². The molecular formula is C9H13NO3SSi. The summed E-state index contributed by atoms with van der Waals surface area (Å²) in [6.07, 6.45) is 1.27. The molecule has 0 aliphatic heterocycles. The maximum atomic E-state index is 11.1. The molecule has 0 aliphatic carbocycles. The molecule has 0 radical (unpaired) electrons. The van der Waals surface area contributed by atoms with E-state index in [1.165, 1.54) is 12.3 Å². The molecule has 1 heterocycles. The first-order valence-corrected chi connectivity index (χ1v) is 9.38. The summed E-state index contributed by atoms with van der Waals surface area (Å²) in [5.41, 5.74) is 3.38. The summed E-state index contributed by atoms with van der Waals surface area (Å²) in [5.74, 6) is 2.80. The van der Waals surface area contributed by atoms with Crippen LogP contribution in [0.5, 0.6) is 0 Å². The van der Waals surface area contributed by atoms with Gasteiger partial charge in [-0.15, -0.1) is 5.54 Å². The summed E-state index contributed by atoms with van der Waals surface area (Å²) in [6, 6.07) is 1.51. The third-order valence-electron chi connectivity index (χ3n) is 1.46. The largest absolute Gasteiger partial charge is 0.451 e. The highest BCUT2D eigenvalue weighted by Crippen LogP contribution is 2.14. The molecule has 0 saturated heterocycles. The van der Waals surface area contributed by atoms with Crippen molar-refractivity contribution in [1.29, 1.82) is 0 Å². The van der Waals surface area contributed by atoms with Gasteiger partial charge in [0.05, 0.1) is 11.8 Å². The second-order valence-electron chi connectivity index (χ2n) is 4.17. The van der Waals surface area contributed by atoms with Crippen molar-refractivity contribution in [3.8, 4) is 11.5 Å². The zero-order valence-electron chi connectivity index (χ0n) is 8.87. The fourth-order valence-corrected chi connectivity index (χ4v) is 1.99. The van der Waals surface area contributed by atoms with E-state index in [4.69, 9.17) is 9.56 Å². The van der Waals surface area contributed by atoms with Crippen molar-refractivity contribution in [3.05, 3.63) is 17.9 Å². The summed E-state index contributed by atoms with van der Waals surface area (Å²) >= 11 is 0. The van der Waals surface area contributed by atoms with Gasteiger partial charge in [-0.2, -0.15) is 0 Å². The van der Waals surface area contributed by atoms with Gasteiger partial charge in [-0.3, -0.25) is 0 Å². The van der Waals surface area contributed by atoms with E-state index in [1.807, 2.05) is 0 Å². The quantitative estimate of drug-likeness (QED) is 0.594. The lowest BCUT2D eigenvalue weighted by molar-refractivity contribution is 0.449. The minimum atomic E-state index is -3.81. The molecule has 1 aromatic rings. The number of hydrogen-bond donors (Lipinski definition) is 1. The molecule has 2 N–H and O–H groups in total. The molecule has 0 atom stereocenters. The van der Waals surface area contributed by atoms with Gasteiger partial charge in [-0.1, -0.05) is 25.6 Å². The van der Waals surface area contributed by atoms with Gasteiger partial charge in [0.15, 0.2) is 0 Å². The molecule has 0 spiro atoms. The predicted octanol–water partition coefficient (Wildman–Crippen LogP) is 1.16. The highest BCUT2D eigenvalue weighted by atomic mass is 32.2. The van der Waals surface area contributed by atoms with Crippen LogP contribution in [0.1, 0.15) is 5.56 Å². The van der Waals surface area contributed by atoms with E-state index in [1.54, 1.807) is 0 Å². The lowest BCUT2D eigenvalue weighted by Crippen LogP contribution is -2.17. The molecule has 0 amide bonds. The van der Waals surface area contributed by atoms with Crippen molar-refractivity contribution in [2.45, 2.75) is 24.7 Å². The van der Waals surface area contributed by atoms with Crippen molar-refractivity contribution < 1.29 is 12.8 Å². The third kappa shape index (κ3) is 3.55. The number of furan rings is 1. The minimum absolute atomic E-state index is 0.256. The first-order chi connectivity index (χ1) is 6.70. The molecule has 0 unspecified atom stereocenters. The number of rotatable bonds is 1. The van der Waals surface area contributed by atoms with Gasteiger partial charge in [0.25, 0.3) is 10.0 Å². The fourth-order valence-electron chi connectivity index (χ4n) is 0.863. The van der Waals surface area contributed by atoms with Gasteiger partial charge < -0.3 is 4.42 Å². The average Bonchev–Trinajstić information content (AvgIpc) is 2.45. The molecule has 6 heteroatoms. The number of sulfonamides is 1. The third-order valence-corrected chi connectivity index (χ3v) is 3.17. The summed E-state index contributed by atoms with van der Waals surface area (Å²) in [7, 11) is -5.35. The molecule has 1 aromatic heterocycles. The van der Waals surface area contributed by atoms with Gasteiger partial charge in [0, 0.05) is 0 Å². The van der Waals surface area contributed by atoms with E-state index in [2.05, 4.69) is 31.1 Å². The van der Waals surface area contributed by atoms with E-state index in [9.17, 15) is 8.42 Å². The Labute approximate surface area is 90.5 Å². The highest BCUT2D eigenvalue weighted by Gasteiger charge is 2.17. The molecule has 0 saturated carbocycles. The summed E-state index contributed by atoms with van der Waals surface area (Å²) < 4.78 is 26.9. The zero-order chi connectivity index (χ0) is 11.7. The van der Waals surface area contributed by atoms with Crippen molar-refractivity contribution in [1.82, 2.24) is 0 Å². The normalized spacial score (nSPS) is 12.0. The topological polar surface area (TPSA) is 73.3 Å². The molecule has 0 aromatic carbocycles. The maximum absolute atomic E-state index is 11.1. The Bertz CT molecular complexity index is 514. The smallest absolute Gasteiger partial charge is 0.272 e. The SMILES string of the molecule is C[Si](C)(C)C#Cc1ccoc1S(N)(=O)=O. The number of nitrogens with two attached hydrogens (primary N) is 1. The highest BCUT2D eigenvalue weighted by molar-refractivity contribution is 7.89. The molecule has 1 rings (SSSR count). The van der Waals surface area contributed by atoms with Gasteiger partial charge >= 0.3 is 0 Å². The summed E-state index contributed by atoms with van der Waals surface area (Å²) in [4.78, 5) is 0. The van der Waals surface area contributed by atoms with Crippen LogP contribution in [0.3, 0.4) is 0 Å². The molecular weight excluding hydrogens is 230 g/mol. The van der Waals surface area contributed by atoms with E-state index in [0.29, 0.717) is 5.56 Å². The van der Waals surface area contributed by atoms with Crippen LogP contribution in [0.25, 0.3) is 0 Å². The molecule has 82 valence electrons. The standard InChI is InChI=1S/C9H13NO3SSi/c1-15(2,3)7-5-8-4-6-13-9(8)14(10,11)12/h4,6H,1-3H3,(H2,10,11,12). The number of primary sulfonamides is 1. The number of hydrogen-bond acceptors (Lipinski definition) is 3. The van der Waals surface area contributed by atoms with E-state index >= 15 is 0 Å². The lowest BCUT2D eigenvalue weighted by atomic mass is 10.4. The molecule has 0 fully saturated rings. The minimum Gasteiger partial charge on any atom is -0.451 e. The van der Waals surface area contributed by atoms with E-state index < -0.39 is 18.1 Å². The van der Waals surface area contributed by atoms with E-state index in [-0.39, 0.29) is 5.09 Å². The van der Waals surface area contributed by atoms with Crippen LogP contribution in [0.2, 0.25) is 19.6 Å². The average molecular weight is 243 g/mol. The fraction of sp³-hybridized carbons (Fsp3) is 0.333. The predicted molar refractivity (Wildman–Crippen MR) is 60.3 cm³/mol. The van der Waals surface area contributed by atoms with E-state index in [0.717, 1.165) is 0 Å². The van der Waals surface area contributed by atoms with Gasteiger partial charge in [0.2, 0.25) is 5.09 Å². The molecule has 4 nitrogen and oxygen atoms in total. The Balaban J connectivity index is 3.18. The van der Waals surface area contributed by atoms with Gasteiger partial charge in [-0.05, 0) is 6.07 Å². The van der Waals surface area contributed by atoms with Crippen LogP contribution in [0.15, 0.2) is 21.8 Å². The van der Waals surface area contributed by atoms with Crippen LogP contribution in [-0.2, 0) is 10.0 Å².